The lowest BCUT2D eigenvalue weighted by Crippen LogP contribution is -2.35. The van der Waals surface area contributed by atoms with Crippen molar-refractivity contribution in [1.82, 2.24) is 9.29 Å². The summed E-state index contributed by atoms with van der Waals surface area (Å²) in [7, 11) is -3.67. The summed E-state index contributed by atoms with van der Waals surface area (Å²) in [6, 6.07) is 11.5. The van der Waals surface area contributed by atoms with Crippen molar-refractivity contribution in [2.75, 3.05) is 23.7 Å². The molecule has 0 saturated carbocycles. The molecule has 3 aromatic rings. The molecule has 1 aliphatic heterocycles. The maximum absolute atomic E-state index is 12.4. The number of aromatic nitrogens is 1. The van der Waals surface area contributed by atoms with Crippen molar-refractivity contribution in [3.8, 4) is 17.0 Å². The van der Waals surface area contributed by atoms with Gasteiger partial charge in [-0.2, -0.15) is 13.1 Å². The fraction of sp³-hybridized carbons (Fsp3) is 0.429. The van der Waals surface area contributed by atoms with Crippen molar-refractivity contribution in [1.29, 1.82) is 0 Å². The topological polar surface area (TPSA) is 108 Å². The number of hydrogen-bond acceptors (Lipinski definition) is 5. The van der Waals surface area contributed by atoms with E-state index in [9.17, 15) is 8.42 Å². The molecule has 0 spiro atoms. The Hall–Kier alpha value is -3.01. The molecule has 1 aromatic heterocycles. The summed E-state index contributed by atoms with van der Waals surface area (Å²) in [6.07, 6.45) is 4.65. The molecule has 8 nitrogen and oxygen atoms in total. The van der Waals surface area contributed by atoms with Gasteiger partial charge in [-0.05, 0) is 57.0 Å². The van der Waals surface area contributed by atoms with E-state index >= 15 is 0 Å². The van der Waals surface area contributed by atoms with E-state index in [1.54, 1.807) is 19.9 Å². The summed E-state index contributed by atoms with van der Waals surface area (Å²) in [5, 5.41) is 0.943. The van der Waals surface area contributed by atoms with E-state index in [0.29, 0.717) is 24.6 Å². The minimum Gasteiger partial charge on any atom is -0.490 e. The lowest BCUT2D eigenvalue weighted by Gasteiger charge is -2.24. The average Bonchev–Trinajstić information content (AvgIpc) is 3.12. The number of anilines is 2. The normalized spacial score (nSPS) is 15.7. The molecule has 1 saturated heterocycles. The number of nitrogens with two attached hydrogens (primary N) is 1. The molecule has 1 aliphatic rings. The fourth-order valence-corrected chi connectivity index (χ4v) is 6.08. The van der Waals surface area contributed by atoms with Crippen LogP contribution in [0.25, 0.3) is 22.2 Å². The predicted octanol–water partition coefficient (Wildman–Crippen LogP) is 5.55. The Labute approximate surface area is 220 Å². The highest BCUT2D eigenvalue weighted by Gasteiger charge is 2.23. The van der Waals surface area contributed by atoms with Gasteiger partial charge in [-0.1, -0.05) is 19.1 Å². The maximum Gasteiger partial charge on any atom is 0.299 e. The molecule has 4 rings (SSSR count). The van der Waals surface area contributed by atoms with Crippen LogP contribution in [0.15, 0.2) is 49.1 Å². The monoisotopic (exact) mass is 526 g/mol. The van der Waals surface area contributed by atoms with E-state index in [2.05, 4.69) is 33.6 Å². The van der Waals surface area contributed by atoms with Crippen molar-refractivity contribution in [3.63, 3.8) is 0 Å². The first-order chi connectivity index (χ1) is 17.6. The molecule has 1 unspecified atom stereocenters. The Morgan fingerprint density at radius 2 is 1.95 bits per heavy atom. The molecule has 0 bridgehead atoms. The number of aryl methyl sites for hydroxylation is 1. The number of rotatable bonds is 10. The largest absolute Gasteiger partial charge is 0.490 e. The van der Waals surface area contributed by atoms with Crippen molar-refractivity contribution >= 4 is 32.5 Å². The van der Waals surface area contributed by atoms with Crippen LogP contribution >= 0.6 is 0 Å². The highest BCUT2D eigenvalue weighted by molar-refractivity contribution is 7.90. The van der Waals surface area contributed by atoms with Gasteiger partial charge in [0.1, 0.15) is 11.9 Å². The Bertz CT molecular complexity index is 1370. The van der Waals surface area contributed by atoms with Gasteiger partial charge in [0.05, 0.1) is 41.8 Å². The Morgan fingerprint density at radius 3 is 2.57 bits per heavy atom. The summed E-state index contributed by atoms with van der Waals surface area (Å²) in [5.41, 5.74) is 11.5. The lowest BCUT2D eigenvalue weighted by atomic mass is 10.0. The van der Waals surface area contributed by atoms with Gasteiger partial charge >= 0.3 is 0 Å². The number of nitrogens with zero attached hydrogens (tertiary/aromatic N) is 1. The van der Waals surface area contributed by atoms with Crippen LogP contribution in [0.1, 0.15) is 51.6 Å². The first-order valence-corrected chi connectivity index (χ1v) is 14.3. The second-order valence-electron chi connectivity index (χ2n) is 9.86. The molecule has 0 aliphatic carbocycles. The zero-order chi connectivity index (χ0) is 26.7. The van der Waals surface area contributed by atoms with Crippen LogP contribution < -0.4 is 19.9 Å². The van der Waals surface area contributed by atoms with Crippen molar-refractivity contribution in [2.45, 2.75) is 65.1 Å². The van der Waals surface area contributed by atoms with Gasteiger partial charge in [-0.3, -0.25) is 4.72 Å². The fourth-order valence-electron chi connectivity index (χ4n) is 4.88. The van der Waals surface area contributed by atoms with Crippen molar-refractivity contribution < 1.29 is 17.9 Å². The first-order valence-electron chi connectivity index (χ1n) is 12.8. The van der Waals surface area contributed by atoms with Crippen molar-refractivity contribution in [3.05, 3.63) is 54.6 Å². The molecule has 1 fully saturated rings. The molecular weight excluding hydrogens is 488 g/mol. The second-order valence-corrected chi connectivity index (χ2v) is 11.3. The van der Waals surface area contributed by atoms with Crippen molar-refractivity contribution in [2.24, 2.45) is 0 Å². The average molecular weight is 527 g/mol. The van der Waals surface area contributed by atoms with Crippen LogP contribution in [0, 0.1) is 6.92 Å². The second kappa shape index (κ2) is 11.2. The number of nitrogens with one attached hydrogen (secondary N) is 2. The van der Waals surface area contributed by atoms with Gasteiger partial charge in [0.25, 0.3) is 10.2 Å². The Kier molecular flexibility index (Phi) is 8.16. The van der Waals surface area contributed by atoms with Gasteiger partial charge in [-0.25, -0.2) is 0 Å². The zero-order valence-electron chi connectivity index (χ0n) is 22.1. The molecule has 2 heterocycles. The van der Waals surface area contributed by atoms with Crippen LogP contribution in [-0.2, 0) is 14.9 Å². The lowest BCUT2D eigenvalue weighted by molar-refractivity contribution is 0.0256. The molecule has 2 aromatic carbocycles. The highest BCUT2D eigenvalue weighted by Crippen LogP contribution is 2.41. The third-order valence-electron chi connectivity index (χ3n) is 6.64. The molecular formula is C28H38N4O4S. The smallest absolute Gasteiger partial charge is 0.299 e. The number of hydrogen-bond donors (Lipinski definition) is 3. The summed E-state index contributed by atoms with van der Waals surface area (Å²) in [4.78, 5) is 0. The van der Waals surface area contributed by atoms with E-state index in [-0.39, 0.29) is 18.2 Å². The van der Waals surface area contributed by atoms with E-state index < -0.39 is 10.2 Å². The van der Waals surface area contributed by atoms with E-state index in [4.69, 9.17) is 15.2 Å². The molecule has 0 amide bonds. The summed E-state index contributed by atoms with van der Waals surface area (Å²) in [5.74, 6) is 0.808. The minimum atomic E-state index is -3.67. The zero-order valence-corrected chi connectivity index (χ0v) is 22.9. The van der Waals surface area contributed by atoms with E-state index in [0.717, 1.165) is 52.7 Å². The van der Waals surface area contributed by atoms with E-state index in [1.165, 1.54) is 0 Å². The van der Waals surface area contributed by atoms with Gasteiger partial charge in [0.2, 0.25) is 0 Å². The van der Waals surface area contributed by atoms with E-state index in [1.807, 2.05) is 37.3 Å². The molecule has 1 atom stereocenters. The number of nitrogen functional groups attached to an aromatic ring is 1. The standard InChI is InChI=1S/C28H38N4O4S/c1-6-21(7-2)32-26-17-23(36-22-12-14-35-15-13-22)9-10-24(26)27(29)28(32)20-8-11-25(19(5)16-20)31-37(33,34)30-18(3)4/h6,8-11,16-18,21-22,30-31H,1,7,12-15,29H2,2-5H3. The number of benzene rings is 2. The third-order valence-corrected chi connectivity index (χ3v) is 7.91. The Balaban J connectivity index is 1.78. The number of allylic oxidation sites excluding steroid dienone is 1. The summed E-state index contributed by atoms with van der Waals surface area (Å²) in [6.45, 7) is 13.1. The van der Waals surface area contributed by atoms with Crippen LogP contribution in [0.5, 0.6) is 5.75 Å². The van der Waals surface area contributed by atoms with Crippen LogP contribution in [0.2, 0.25) is 0 Å². The SMILES string of the molecule is C=CC(CC)n1c(-c2ccc(NS(=O)(=O)NC(C)C)c(C)c2)c(N)c2ccc(OC3CCOCC3)cc21. The Morgan fingerprint density at radius 1 is 1.22 bits per heavy atom. The maximum atomic E-state index is 12.4. The molecule has 4 N–H and O–H groups in total. The first kappa shape index (κ1) is 27.0. The quantitative estimate of drug-likeness (QED) is 0.300. The van der Waals surface area contributed by atoms with Crippen LogP contribution in [0.4, 0.5) is 11.4 Å². The van der Waals surface area contributed by atoms with Gasteiger partial charge < -0.3 is 19.8 Å². The summed E-state index contributed by atoms with van der Waals surface area (Å²) < 4.78 is 44.0. The molecule has 37 heavy (non-hydrogen) atoms. The van der Waals surface area contributed by atoms with Gasteiger partial charge in [-0.15, -0.1) is 6.58 Å². The minimum absolute atomic E-state index is 0.0156. The van der Waals surface area contributed by atoms with Crippen LogP contribution in [-0.4, -0.2) is 38.3 Å². The van der Waals surface area contributed by atoms with Crippen LogP contribution in [0.3, 0.4) is 0 Å². The highest BCUT2D eigenvalue weighted by atomic mass is 32.2. The molecule has 0 radical (unpaired) electrons. The van der Waals surface area contributed by atoms with Gasteiger partial charge in [0.15, 0.2) is 0 Å². The number of fused-ring (bicyclic) bond motifs is 1. The van der Waals surface area contributed by atoms with Gasteiger partial charge in [0, 0.05) is 35.9 Å². The summed E-state index contributed by atoms with van der Waals surface area (Å²) >= 11 is 0. The molecule has 200 valence electrons. The number of ether oxygens (including phenoxy) is 2. The predicted molar refractivity (Wildman–Crippen MR) is 151 cm³/mol. The third kappa shape index (κ3) is 5.95. The molecule has 9 heteroatoms.